The predicted molar refractivity (Wildman–Crippen MR) is 64.2 cm³/mol. The molecule has 0 radical (unpaired) electrons. The quantitative estimate of drug-likeness (QED) is 0.844. The van der Waals surface area contributed by atoms with Crippen molar-refractivity contribution in [3.05, 3.63) is 30.1 Å². The molecule has 0 bridgehead atoms. The lowest BCUT2D eigenvalue weighted by Gasteiger charge is -2.30. The van der Waals surface area contributed by atoms with E-state index in [-0.39, 0.29) is 0 Å². The zero-order chi connectivity index (χ0) is 11.2. The molecule has 0 aromatic carbocycles. The summed E-state index contributed by atoms with van der Waals surface area (Å²) in [6.45, 7) is 4.88. The lowest BCUT2D eigenvalue weighted by Crippen LogP contribution is -2.33. The minimum absolute atomic E-state index is 0.339. The van der Waals surface area contributed by atoms with Gasteiger partial charge in [-0.25, -0.2) is 0 Å². The fourth-order valence-corrected chi connectivity index (χ4v) is 2.32. The van der Waals surface area contributed by atoms with Crippen molar-refractivity contribution in [3.8, 4) is 0 Å². The highest BCUT2D eigenvalue weighted by atomic mass is 16.5. The van der Waals surface area contributed by atoms with Crippen molar-refractivity contribution in [1.29, 1.82) is 0 Å². The smallest absolute Gasteiger partial charge is 0.0576 e. The Hall–Kier alpha value is -0.930. The largest absolute Gasteiger partial charge is 0.381 e. The number of pyridine rings is 1. The van der Waals surface area contributed by atoms with Crippen LogP contribution in [0.25, 0.3) is 0 Å². The van der Waals surface area contributed by atoms with Gasteiger partial charge in [-0.1, -0.05) is 13.0 Å². The van der Waals surface area contributed by atoms with E-state index >= 15 is 0 Å². The monoisotopic (exact) mass is 220 g/mol. The second kappa shape index (κ2) is 5.97. The first-order valence-corrected chi connectivity index (χ1v) is 6.14. The number of nitrogens with zero attached hydrogens (tertiary/aromatic N) is 1. The van der Waals surface area contributed by atoms with Crippen LogP contribution in [0.3, 0.4) is 0 Å². The third kappa shape index (κ3) is 2.80. The molecule has 2 atom stereocenters. The Morgan fingerprint density at radius 3 is 3.12 bits per heavy atom. The summed E-state index contributed by atoms with van der Waals surface area (Å²) in [7, 11) is 0. The molecule has 88 valence electrons. The van der Waals surface area contributed by atoms with Gasteiger partial charge in [0, 0.05) is 18.7 Å². The second-order valence-electron chi connectivity index (χ2n) is 4.27. The van der Waals surface area contributed by atoms with Gasteiger partial charge in [0.2, 0.25) is 0 Å². The van der Waals surface area contributed by atoms with E-state index in [9.17, 15) is 0 Å². The van der Waals surface area contributed by atoms with Crippen LogP contribution in [0.2, 0.25) is 0 Å². The molecule has 0 aliphatic carbocycles. The topological polar surface area (TPSA) is 34.2 Å². The highest BCUT2D eigenvalue weighted by Crippen LogP contribution is 2.27. The second-order valence-corrected chi connectivity index (χ2v) is 4.27. The molecule has 1 aromatic rings. The molecule has 1 fully saturated rings. The van der Waals surface area contributed by atoms with E-state index in [0.717, 1.165) is 25.5 Å². The van der Waals surface area contributed by atoms with Gasteiger partial charge < -0.3 is 10.1 Å². The van der Waals surface area contributed by atoms with Gasteiger partial charge in [0.1, 0.15) is 0 Å². The van der Waals surface area contributed by atoms with Crippen LogP contribution in [0.1, 0.15) is 31.5 Å². The van der Waals surface area contributed by atoms with E-state index in [0.29, 0.717) is 12.0 Å². The minimum Gasteiger partial charge on any atom is -0.381 e. The van der Waals surface area contributed by atoms with Crippen molar-refractivity contribution in [2.75, 3.05) is 19.8 Å². The fourth-order valence-electron chi connectivity index (χ4n) is 2.32. The van der Waals surface area contributed by atoms with Crippen LogP contribution in [0.4, 0.5) is 0 Å². The molecule has 2 unspecified atom stereocenters. The van der Waals surface area contributed by atoms with E-state index in [1.165, 1.54) is 12.8 Å². The third-order valence-electron chi connectivity index (χ3n) is 3.10. The summed E-state index contributed by atoms with van der Waals surface area (Å²) in [6.07, 6.45) is 4.26. The van der Waals surface area contributed by atoms with Gasteiger partial charge in [0.15, 0.2) is 0 Å². The standard InChI is InChI=1S/C13H20N2O/c1-2-14-13(11-6-5-9-16-10-11)12-7-3-4-8-15-12/h3-4,7-8,11,13-14H,2,5-6,9-10H2,1H3. The van der Waals surface area contributed by atoms with Gasteiger partial charge >= 0.3 is 0 Å². The van der Waals surface area contributed by atoms with E-state index in [4.69, 9.17) is 4.74 Å². The summed E-state index contributed by atoms with van der Waals surface area (Å²) >= 11 is 0. The number of rotatable bonds is 4. The Bertz CT molecular complexity index is 296. The van der Waals surface area contributed by atoms with Crippen LogP contribution >= 0.6 is 0 Å². The molecule has 0 amide bonds. The van der Waals surface area contributed by atoms with Crippen LogP contribution in [0.15, 0.2) is 24.4 Å². The Kier molecular flexibility index (Phi) is 4.31. The van der Waals surface area contributed by atoms with E-state index < -0.39 is 0 Å². The molecule has 0 spiro atoms. The first-order chi connectivity index (χ1) is 7.92. The van der Waals surface area contributed by atoms with Gasteiger partial charge in [-0.15, -0.1) is 0 Å². The summed E-state index contributed by atoms with van der Waals surface area (Å²) in [5, 5.41) is 3.53. The molecule has 1 aliphatic rings. The first kappa shape index (κ1) is 11.6. The first-order valence-electron chi connectivity index (χ1n) is 6.14. The molecule has 1 saturated heterocycles. The lowest BCUT2D eigenvalue weighted by atomic mass is 9.91. The summed E-state index contributed by atoms with van der Waals surface area (Å²) in [5.41, 5.74) is 1.14. The van der Waals surface area contributed by atoms with Crippen LogP contribution < -0.4 is 5.32 Å². The van der Waals surface area contributed by atoms with Crippen LogP contribution in [-0.2, 0) is 4.74 Å². The van der Waals surface area contributed by atoms with Crippen LogP contribution in [0, 0.1) is 5.92 Å². The van der Waals surface area contributed by atoms with Crippen molar-refractivity contribution in [3.63, 3.8) is 0 Å². The number of hydrogen-bond donors (Lipinski definition) is 1. The molecule has 1 N–H and O–H groups in total. The SMILES string of the molecule is CCNC(c1ccccn1)C1CCCOC1. The number of nitrogens with one attached hydrogen (secondary N) is 1. The summed E-state index contributed by atoms with van der Waals surface area (Å²) in [5.74, 6) is 0.559. The maximum absolute atomic E-state index is 5.56. The lowest BCUT2D eigenvalue weighted by molar-refractivity contribution is 0.0386. The van der Waals surface area contributed by atoms with Gasteiger partial charge in [-0.3, -0.25) is 4.98 Å². The van der Waals surface area contributed by atoms with E-state index in [1.807, 2.05) is 12.3 Å². The third-order valence-corrected chi connectivity index (χ3v) is 3.10. The predicted octanol–water partition coefficient (Wildman–Crippen LogP) is 2.16. The molecule has 3 nitrogen and oxygen atoms in total. The molecule has 2 rings (SSSR count). The number of aromatic nitrogens is 1. The maximum Gasteiger partial charge on any atom is 0.0576 e. The molecular weight excluding hydrogens is 200 g/mol. The number of ether oxygens (including phenoxy) is 1. The normalized spacial score (nSPS) is 22.9. The van der Waals surface area contributed by atoms with Crippen LogP contribution in [-0.4, -0.2) is 24.7 Å². The summed E-state index contributed by atoms with van der Waals surface area (Å²) < 4.78 is 5.56. The fraction of sp³-hybridized carbons (Fsp3) is 0.615. The Morgan fingerprint density at radius 2 is 2.50 bits per heavy atom. The molecule has 3 heteroatoms. The zero-order valence-electron chi connectivity index (χ0n) is 9.86. The van der Waals surface area contributed by atoms with E-state index in [1.54, 1.807) is 0 Å². The Morgan fingerprint density at radius 1 is 1.56 bits per heavy atom. The number of hydrogen-bond acceptors (Lipinski definition) is 3. The summed E-state index contributed by atoms with van der Waals surface area (Å²) in [6, 6.07) is 6.45. The Balaban J connectivity index is 2.09. The van der Waals surface area contributed by atoms with Crippen molar-refractivity contribution >= 4 is 0 Å². The Labute approximate surface area is 97.2 Å². The molecule has 0 saturated carbocycles. The molecule has 1 aromatic heterocycles. The molecule has 2 heterocycles. The molecule has 1 aliphatic heterocycles. The molecular formula is C13H20N2O. The highest BCUT2D eigenvalue weighted by Gasteiger charge is 2.25. The van der Waals surface area contributed by atoms with Gasteiger partial charge in [-0.2, -0.15) is 0 Å². The maximum atomic E-state index is 5.56. The zero-order valence-corrected chi connectivity index (χ0v) is 9.86. The minimum atomic E-state index is 0.339. The van der Waals surface area contributed by atoms with Crippen molar-refractivity contribution in [2.45, 2.75) is 25.8 Å². The van der Waals surface area contributed by atoms with Crippen molar-refractivity contribution in [2.24, 2.45) is 5.92 Å². The van der Waals surface area contributed by atoms with Gasteiger partial charge in [0.05, 0.1) is 18.3 Å². The van der Waals surface area contributed by atoms with Gasteiger partial charge in [-0.05, 0) is 31.5 Å². The average Bonchev–Trinajstić information content (AvgIpc) is 2.38. The summed E-state index contributed by atoms with van der Waals surface area (Å²) in [4.78, 5) is 4.45. The van der Waals surface area contributed by atoms with E-state index in [2.05, 4.69) is 29.4 Å². The van der Waals surface area contributed by atoms with Crippen molar-refractivity contribution in [1.82, 2.24) is 10.3 Å². The van der Waals surface area contributed by atoms with Crippen LogP contribution in [0.5, 0.6) is 0 Å². The molecule has 16 heavy (non-hydrogen) atoms. The highest BCUT2D eigenvalue weighted by molar-refractivity contribution is 5.10. The van der Waals surface area contributed by atoms with Crippen molar-refractivity contribution < 1.29 is 4.74 Å². The van der Waals surface area contributed by atoms with Gasteiger partial charge in [0.25, 0.3) is 0 Å². The average molecular weight is 220 g/mol.